The van der Waals surface area contributed by atoms with E-state index in [0.29, 0.717) is 5.82 Å². The molecule has 3 N–H and O–H groups in total. The molecule has 3 rings (SSSR count). The second kappa shape index (κ2) is 3.90. The molecule has 0 radical (unpaired) electrons. The normalized spacial score (nSPS) is 10.8. The largest absolute Gasteiger partial charge is 0.384 e. The summed E-state index contributed by atoms with van der Waals surface area (Å²) in [6, 6.07) is 7.83. The fourth-order valence-electron chi connectivity index (χ4n) is 1.92. The van der Waals surface area contributed by atoms with E-state index < -0.39 is 0 Å². The monoisotopic (exact) mass is 224 g/mol. The first-order valence-corrected chi connectivity index (χ1v) is 5.44. The summed E-state index contributed by atoms with van der Waals surface area (Å²) in [5, 5.41) is 1.16. The van der Waals surface area contributed by atoms with Gasteiger partial charge in [0.15, 0.2) is 0 Å². The van der Waals surface area contributed by atoms with E-state index in [9.17, 15) is 0 Å². The highest BCUT2D eigenvalue weighted by Gasteiger charge is 2.04. The number of hydrogen-bond acceptors (Lipinski definition) is 3. The van der Waals surface area contributed by atoms with Gasteiger partial charge in [-0.1, -0.05) is 6.07 Å². The number of aromatic amines is 1. The summed E-state index contributed by atoms with van der Waals surface area (Å²) in [4.78, 5) is 11.5. The summed E-state index contributed by atoms with van der Waals surface area (Å²) in [6.07, 6.45) is 6.42. The zero-order chi connectivity index (χ0) is 11.7. The van der Waals surface area contributed by atoms with Gasteiger partial charge in [-0.3, -0.25) is 0 Å². The van der Waals surface area contributed by atoms with Gasteiger partial charge in [0, 0.05) is 30.4 Å². The first-order chi connectivity index (χ1) is 8.33. The Morgan fingerprint density at radius 1 is 1.18 bits per heavy atom. The van der Waals surface area contributed by atoms with E-state index in [-0.39, 0.29) is 0 Å². The molecule has 0 aliphatic carbocycles. The summed E-state index contributed by atoms with van der Waals surface area (Å²) < 4.78 is 0. The zero-order valence-corrected chi connectivity index (χ0v) is 9.22. The molecular formula is C13H12N4. The Hall–Kier alpha value is -2.36. The molecule has 4 nitrogen and oxygen atoms in total. The molecule has 0 saturated heterocycles. The third-order valence-corrected chi connectivity index (χ3v) is 2.78. The summed E-state index contributed by atoms with van der Waals surface area (Å²) >= 11 is 0. The Labute approximate surface area is 98.5 Å². The number of pyridine rings is 2. The molecule has 17 heavy (non-hydrogen) atoms. The van der Waals surface area contributed by atoms with Crippen molar-refractivity contribution in [3.63, 3.8) is 0 Å². The van der Waals surface area contributed by atoms with E-state index in [1.807, 2.05) is 30.6 Å². The maximum Gasteiger partial charge on any atom is 0.137 e. The highest BCUT2D eigenvalue weighted by Crippen LogP contribution is 2.19. The van der Waals surface area contributed by atoms with Crippen LogP contribution in [0.15, 0.2) is 42.9 Å². The number of hydrogen-bond donors (Lipinski definition) is 2. The van der Waals surface area contributed by atoms with Crippen LogP contribution >= 0.6 is 0 Å². The Kier molecular flexibility index (Phi) is 2.26. The molecule has 0 spiro atoms. The Morgan fingerprint density at radius 3 is 2.94 bits per heavy atom. The molecule has 0 atom stereocenters. The lowest BCUT2D eigenvalue weighted by Crippen LogP contribution is -1.92. The van der Waals surface area contributed by atoms with Crippen LogP contribution in [0.2, 0.25) is 0 Å². The molecule has 3 aromatic heterocycles. The molecular weight excluding hydrogens is 212 g/mol. The number of aromatic nitrogens is 3. The summed E-state index contributed by atoms with van der Waals surface area (Å²) in [5.41, 5.74) is 8.85. The van der Waals surface area contributed by atoms with Crippen LogP contribution in [-0.4, -0.2) is 15.0 Å². The maximum absolute atomic E-state index is 5.56. The van der Waals surface area contributed by atoms with Crippen LogP contribution in [0.3, 0.4) is 0 Å². The number of H-pyrrole nitrogens is 1. The lowest BCUT2D eigenvalue weighted by molar-refractivity contribution is 1.16. The van der Waals surface area contributed by atoms with Gasteiger partial charge in [-0.15, -0.1) is 0 Å². The fourth-order valence-corrected chi connectivity index (χ4v) is 1.92. The molecule has 0 amide bonds. The summed E-state index contributed by atoms with van der Waals surface area (Å²) in [6.45, 7) is 0. The molecule has 0 unspecified atom stereocenters. The van der Waals surface area contributed by atoms with Crippen molar-refractivity contribution in [1.82, 2.24) is 15.0 Å². The van der Waals surface area contributed by atoms with Crippen molar-refractivity contribution in [2.45, 2.75) is 6.42 Å². The summed E-state index contributed by atoms with van der Waals surface area (Å²) in [5.74, 6) is 0.550. The summed E-state index contributed by atoms with van der Waals surface area (Å²) in [7, 11) is 0. The van der Waals surface area contributed by atoms with Crippen molar-refractivity contribution >= 4 is 16.9 Å². The molecule has 0 aromatic carbocycles. The number of nitrogen functional groups attached to an aromatic ring is 1. The molecule has 4 heteroatoms. The Morgan fingerprint density at radius 2 is 2.12 bits per heavy atom. The van der Waals surface area contributed by atoms with E-state index in [1.165, 1.54) is 5.56 Å². The van der Waals surface area contributed by atoms with Gasteiger partial charge in [0.1, 0.15) is 11.5 Å². The number of anilines is 1. The number of nitrogens with two attached hydrogens (primary N) is 1. The van der Waals surface area contributed by atoms with E-state index in [2.05, 4.69) is 21.0 Å². The number of rotatable bonds is 2. The molecule has 0 fully saturated rings. The third-order valence-electron chi connectivity index (χ3n) is 2.78. The van der Waals surface area contributed by atoms with Crippen LogP contribution < -0.4 is 5.73 Å². The predicted octanol–water partition coefficient (Wildman–Crippen LogP) is 2.13. The molecule has 0 aliphatic rings. The second-order valence-corrected chi connectivity index (χ2v) is 3.98. The van der Waals surface area contributed by atoms with Gasteiger partial charge in [-0.25, -0.2) is 9.97 Å². The lowest BCUT2D eigenvalue weighted by atomic mass is 10.1. The van der Waals surface area contributed by atoms with Crippen LogP contribution in [0.25, 0.3) is 11.0 Å². The van der Waals surface area contributed by atoms with E-state index in [1.54, 1.807) is 6.20 Å². The minimum absolute atomic E-state index is 0.550. The van der Waals surface area contributed by atoms with Crippen molar-refractivity contribution in [3.05, 3.63) is 54.0 Å². The average Bonchev–Trinajstić information content (AvgIpc) is 2.76. The van der Waals surface area contributed by atoms with Crippen molar-refractivity contribution in [2.75, 3.05) is 5.73 Å². The maximum atomic E-state index is 5.56. The Balaban J connectivity index is 1.97. The highest BCUT2D eigenvalue weighted by atomic mass is 14.8. The van der Waals surface area contributed by atoms with Crippen LogP contribution in [0.4, 0.5) is 5.82 Å². The van der Waals surface area contributed by atoms with Gasteiger partial charge in [0.05, 0.1) is 0 Å². The van der Waals surface area contributed by atoms with Crippen LogP contribution in [-0.2, 0) is 6.42 Å². The van der Waals surface area contributed by atoms with Crippen molar-refractivity contribution < 1.29 is 0 Å². The number of fused-ring (bicyclic) bond motifs is 1. The second-order valence-electron chi connectivity index (χ2n) is 3.98. The molecule has 0 saturated carbocycles. The van der Waals surface area contributed by atoms with Crippen LogP contribution in [0.1, 0.15) is 11.1 Å². The molecule has 3 aromatic rings. The van der Waals surface area contributed by atoms with Gasteiger partial charge in [0.25, 0.3) is 0 Å². The topological polar surface area (TPSA) is 67.6 Å². The minimum Gasteiger partial charge on any atom is -0.384 e. The third kappa shape index (κ3) is 1.85. The van der Waals surface area contributed by atoms with E-state index >= 15 is 0 Å². The SMILES string of the molecule is Nc1ccc(Cc2c[nH]c3ncccc23)cn1. The highest BCUT2D eigenvalue weighted by molar-refractivity contribution is 5.79. The Bertz CT molecular complexity index is 640. The van der Waals surface area contributed by atoms with Crippen molar-refractivity contribution in [3.8, 4) is 0 Å². The molecule has 0 aliphatic heterocycles. The van der Waals surface area contributed by atoms with Crippen LogP contribution in [0, 0.1) is 0 Å². The number of nitrogens with one attached hydrogen (secondary N) is 1. The fraction of sp³-hybridized carbons (Fsp3) is 0.0769. The van der Waals surface area contributed by atoms with Gasteiger partial charge in [0.2, 0.25) is 0 Å². The first kappa shape index (κ1) is 9.84. The lowest BCUT2D eigenvalue weighted by Gasteiger charge is -2.00. The molecule has 0 bridgehead atoms. The first-order valence-electron chi connectivity index (χ1n) is 5.44. The smallest absolute Gasteiger partial charge is 0.137 e. The van der Waals surface area contributed by atoms with Gasteiger partial charge in [-0.05, 0) is 29.3 Å². The predicted molar refractivity (Wildman–Crippen MR) is 67.5 cm³/mol. The number of nitrogens with zero attached hydrogens (tertiary/aromatic N) is 2. The standard InChI is InChI=1S/C13H12N4/c14-12-4-3-9(7-16-12)6-10-8-17-13-11(10)2-1-5-15-13/h1-5,7-8H,6H2,(H2,14,16)(H,15,17). The van der Waals surface area contributed by atoms with Crippen molar-refractivity contribution in [2.24, 2.45) is 0 Å². The van der Waals surface area contributed by atoms with Crippen molar-refractivity contribution in [1.29, 1.82) is 0 Å². The quantitative estimate of drug-likeness (QED) is 0.700. The van der Waals surface area contributed by atoms with Gasteiger partial charge >= 0.3 is 0 Å². The van der Waals surface area contributed by atoms with E-state index in [4.69, 9.17) is 5.73 Å². The molecule has 3 heterocycles. The van der Waals surface area contributed by atoms with Crippen LogP contribution in [0.5, 0.6) is 0 Å². The van der Waals surface area contributed by atoms with Gasteiger partial charge < -0.3 is 10.7 Å². The van der Waals surface area contributed by atoms with Gasteiger partial charge in [-0.2, -0.15) is 0 Å². The zero-order valence-electron chi connectivity index (χ0n) is 9.22. The molecule has 84 valence electrons. The average molecular weight is 224 g/mol. The van der Waals surface area contributed by atoms with E-state index in [0.717, 1.165) is 23.0 Å². The minimum atomic E-state index is 0.550.